The molecule has 29 heavy (non-hydrogen) atoms. The molecule has 1 rings (SSSR count). The molecule has 5 heteroatoms. The van der Waals surface area contributed by atoms with Gasteiger partial charge in [0.25, 0.3) is 0 Å². The number of aldehydes is 1. The van der Waals surface area contributed by atoms with Gasteiger partial charge in [-0.2, -0.15) is 0 Å². The van der Waals surface area contributed by atoms with Gasteiger partial charge < -0.3 is 14.6 Å². The molecule has 0 spiro atoms. The second-order valence-electron chi connectivity index (χ2n) is 7.84. The molecule has 5 atom stereocenters. The zero-order valence-corrected chi connectivity index (χ0v) is 18.0. The van der Waals surface area contributed by atoms with Crippen molar-refractivity contribution >= 4 is 18.0 Å². The van der Waals surface area contributed by atoms with Gasteiger partial charge in [0, 0.05) is 31.1 Å². The highest BCUT2D eigenvalue weighted by atomic mass is 16.6. The van der Waals surface area contributed by atoms with Crippen LogP contribution in [-0.2, 0) is 19.1 Å². The summed E-state index contributed by atoms with van der Waals surface area (Å²) < 4.78 is 5.02. The minimum atomic E-state index is -1.12. The van der Waals surface area contributed by atoms with Gasteiger partial charge in [-0.05, 0) is 37.7 Å². The number of unbranched alkanes of at least 4 members (excludes halogenated alkanes) is 2. The van der Waals surface area contributed by atoms with Crippen LogP contribution in [0.15, 0.2) is 36.5 Å². The van der Waals surface area contributed by atoms with E-state index in [-0.39, 0.29) is 29.5 Å². The molecular weight excluding hydrogens is 368 g/mol. The molecule has 0 bridgehead atoms. The minimum Gasteiger partial charge on any atom is -0.436 e. The van der Waals surface area contributed by atoms with Gasteiger partial charge in [0.2, 0.25) is 6.29 Å². The summed E-state index contributed by atoms with van der Waals surface area (Å²) in [5.41, 5.74) is 0. The third-order valence-corrected chi connectivity index (χ3v) is 5.46. The van der Waals surface area contributed by atoms with Crippen molar-refractivity contribution in [2.45, 2.75) is 72.0 Å². The summed E-state index contributed by atoms with van der Waals surface area (Å²) in [6.07, 6.45) is 16.9. The Hall–Kier alpha value is -2.01. The summed E-state index contributed by atoms with van der Waals surface area (Å²) in [5.74, 6) is -0.377. The van der Waals surface area contributed by atoms with Crippen molar-refractivity contribution in [3.05, 3.63) is 36.5 Å². The van der Waals surface area contributed by atoms with Crippen molar-refractivity contribution in [1.82, 2.24) is 0 Å². The summed E-state index contributed by atoms with van der Waals surface area (Å²) in [4.78, 5) is 33.7. The highest BCUT2D eigenvalue weighted by Gasteiger charge is 2.28. The van der Waals surface area contributed by atoms with Gasteiger partial charge in [-0.3, -0.25) is 9.59 Å². The van der Waals surface area contributed by atoms with Crippen LogP contribution < -0.4 is 0 Å². The van der Waals surface area contributed by atoms with E-state index in [4.69, 9.17) is 4.74 Å². The first-order valence-corrected chi connectivity index (χ1v) is 10.7. The van der Waals surface area contributed by atoms with Gasteiger partial charge in [0.15, 0.2) is 5.78 Å². The van der Waals surface area contributed by atoms with Gasteiger partial charge in [0.05, 0.1) is 0 Å². The number of hydrogen-bond acceptors (Lipinski definition) is 5. The third kappa shape index (κ3) is 9.35. The predicted octanol–water partition coefficient (Wildman–Crippen LogP) is 4.55. The predicted molar refractivity (Wildman–Crippen MR) is 114 cm³/mol. The summed E-state index contributed by atoms with van der Waals surface area (Å²) in [5, 5.41) is 10.3. The molecule has 1 aliphatic rings. The Bertz CT molecular complexity index is 604. The summed E-state index contributed by atoms with van der Waals surface area (Å²) in [6.45, 7) is 5.45. The standard InChI is InChI=1S/C24H36O5/c1-4-11-18(2)21(24(28)29-19(3)26)14-10-12-20-15-16-23(27)22(20)13-8-6-5-7-9-17-25/h6,8,10,12,15-18,20-22,24,28H,4-5,7,9,11,13-14H2,1-3H3/b8-6-,12-10+/t18?,20-,21?,22+,24?/m0/s1. The van der Waals surface area contributed by atoms with Crippen molar-refractivity contribution in [3.8, 4) is 0 Å². The second kappa shape index (κ2) is 14.0. The normalized spacial score (nSPS) is 22.3. The lowest BCUT2D eigenvalue weighted by Crippen LogP contribution is -2.30. The molecule has 0 fully saturated rings. The number of aliphatic hydroxyl groups excluding tert-OH is 1. The van der Waals surface area contributed by atoms with Gasteiger partial charge in [0.1, 0.15) is 6.29 Å². The molecule has 1 aliphatic carbocycles. The first kappa shape index (κ1) is 25.0. The molecule has 0 heterocycles. The van der Waals surface area contributed by atoms with E-state index in [0.717, 1.165) is 32.0 Å². The Labute approximate surface area is 174 Å². The molecule has 0 amide bonds. The largest absolute Gasteiger partial charge is 0.436 e. The average molecular weight is 405 g/mol. The zero-order chi connectivity index (χ0) is 21.6. The summed E-state index contributed by atoms with van der Waals surface area (Å²) >= 11 is 0. The molecule has 0 aliphatic heterocycles. The van der Waals surface area contributed by atoms with Crippen LogP contribution in [0.5, 0.6) is 0 Å². The monoisotopic (exact) mass is 404 g/mol. The lowest BCUT2D eigenvalue weighted by molar-refractivity contribution is -0.178. The number of rotatable bonds is 14. The maximum Gasteiger partial charge on any atom is 0.304 e. The van der Waals surface area contributed by atoms with Crippen LogP contribution in [0.4, 0.5) is 0 Å². The maximum absolute atomic E-state index is 12.2. The number of hydrogen-bond donors (Lipinski definition) is 1. The van der Waals surface area contributed by atoms with Crippen LogP contribution in [0.25, 0.3) is 0 Å². The molecule has 0 aromatic carbocycles. The number of ketones is 1. The fourth-order valence-corrected chi connectivity index (χ4v) is 3.75. The number of allylic oxidation sites excluding steroid dienone is 6. The number of carbonyl (C=O) groups excluding carboxylic acids is 3. The van der Waals surface area contributed by atoms with E-state index in [1.165, 1.54) is 6.92 Å². The van der Waals surface area contributed by atoms with Gasteiger partial charge in [-0.15, -0.1) is 0 Å². The molecule has 162 valence electrons. The number of ether oxygens (including phenoxy) is 1. The Balaban J connectivity index is 2.65. The molecule has 5 nitrogen and oxygen atoms in total. The first-order chi connectivity index (χ1) is 13.9. The Morgan fingerprint density at radius 1 is 1.28 bits per heavy atom. The van der Waals surface area contributed by atoms with E-state index in [0.29, 0.717) is 19.3 Å². The van der Waals surface area contributed by atoms with Crippen LogP contribution in [-0.4, -0.2) is 29.4 Å². The number of carbonyl (C=O) groups is 3. The highest BCUT2D eigenvalue weighted by molar-refractivity contribution is 5.95. The fraction of sp³-hybridized carbons (Fsp3) is 0.625. The molecule has 0 radical (unpaired) electrons. The average Bonchev–Trinajstić information content (AvgIpc) is 3.01. The Morgan fingerprint density at radius 2 is 2.03 bits per heavy atom. The van der Waals surface area contributed by atoms with Crippen molar-refractivity contribution in [3.63, 3.8) is 0 Å². The molecule has 0 saturated heterocycles. The topological polar surface area (TPSA) is 80.7 Å². The Morgan fingerprint density at radius 3 is 2.69 bits per heavy atom. The van der Waals surface area contributed by atoms with Crippen LogP contribution in [0.2, 0.25) is 0 Å². The van der Waals surface area contributed by atoms with Gasteiger partial charge in [-0.1, -0.05) is 57.1 Å². The number of esters is 1. The van der Waals surface area contributed by atoms with Gasteiger partial charge >= 0.3 is 5.97 Å². The van der Waals surface area contributed by atoms with Crippen LogP contribution >= 0.6 is 0 Å². The van der Waals surface area contributed by atoms with E-state index in [9.17, 15) is 19.5 Å². The fourth-order valence-electron chi connectivity index (χ4n) is 3.75. The first-order valence-electron chi connectivity index (χ1n) is 10.7. The SMILES string of the molecule is CCCC(C)C(C/C=C/[C@H]1C=CC(=O)[C@@H]1C/C=C\CCCC=O)C(O)OC(C)=O. The molecule has 0 aromatic rings. The highest BCUT2D eigenvalue weighted by Crippen LogP contribution is 2.29. The third-order valence-electron chi connectivity index (χ3n) is 5.46. The van der Waals surface area contributed by atoms with Crippen LogP contribution in [0, 0.1) is 23.7 Å². The van der Waals surface area contributed by atoms with E-state index in [1.807, 2.05) is 30.4 Å². The van der Waals surface area contributed by atoms with Crippen molar-refractivity contribution in [2.24, 2.45) is 23.7 Å². The van der Waals surface area contributed by atoms with Crippen molar-refractivity contribution in [1.29, 1.82) is 0 Å². The smallest absolute Gasteiger partial charge is 0.304 e. The summed E-state index contributed by atoms with van der Waals surface area (Å²) in [7, 11) is 0. The van der Waals surface area contributed by atoms with Crippen molar-refractivity contribution < 1.29 is 24.2 Å². The second-order valence-corrected chi connectivity index (χ2v) is 7.84. The van der Waals surface area contributed by atoms with Crippen LogP contribution in [0.3, 0.4) is 0 Å². The van der Waals surface area contributed by atoms with Crippen molar-refractivity contribution in [2.75, 3.05) is 0 Å². The Kier molecular flexibility index (Phi) is 12.1. The molecular formula is C24H36O5. The zero-order valence-electron chi connectivity index (χ0n) is 18.0. The lowest BCUT2D eigenvalue weighted by Gasteiger charge is -2.27. The van der Waals surface area contributed by atoms with Gasteiger partial charge in [-0.25, -0.2) is 0 Å². The molecule has 0 saturated carbocycles. The quantitative estimate of drug-likeness (QED) is 0.151. The van der Waals surface area contributed by atoms with E-state index < -0.39 is 12.3 Å². The lowest BCUT2D eigenvalue weighted by atomic mass is 9.85. The molecule has 1 N–H and O–H groups in total. The van der Waals surface area contributed by atoms with E-state index in [2.05, 4.69) is 13.8 Å². The van der Waals surface area contributed by atoms with E-state index in [1.54, 1.807) is 6.08 Å². The molecule has 0 aromatic heterocycles. The number of aliphatic hydroxyl groups is 1. The minimum absolute atomic E-state index is 0.0372. The summed E-state index contributed by atoms with van der Waals surface area (Å²) in [6, 6.07) is 0. The van der Waals surface area contributed by atoms with Crippen LogP contribution in [0.1, 0.15) is 65.7 Å². The van der Waals surface area contributed by atoms with E-state index >= 15 is 0 Å². The molecule has 3 unspecified atom stereocenters. The maximum atomic E-state index is 12.2.